The monoisotopic (exact) mass is 398 g/mol. The maximum absolute atomic E-state index is 12.0. The Morgan fingerprint density at radius 1 is 1.22 bits per heavy atom. The first-order chi connectivity index (χ1) is 13.1. The maximum Gasteiger partial charge on any atom is 0.319 e. The highest BCUT2D eigenvalue weighted by molar-refractivity contribution is 7.09. The van der Waals surface area contributed by atoms with Crippen molar-refractivity contribution in [2.45, 2.75) is 13.0 Å². The van der Waals surface area contributed by atoms with E-state index in [0.29, 0.717) is 23.7 Å². The van der Waals surface area contributed by atoms with E-state index >= 15 is 0 Å². The molecular weight excluding hydrogens is 384 g/mol. The molecule has 2 heterocycles. The lowest BCUT2D eigenvalue weighted by atomic mass is 10.1. The minimum atomic E-state index is -0.309. The number of carbonyl (C=O) groups is 2. The molecule has 0 atom stereocenters. The standard InChI is InChI=1S/C19H15ClN4O2S/c20-13-2-4-14(5-3-13)22-19(26)21-9-18-24-16(10-27-18)11-1-6-15-12(7-11)8-17(25)23-15/h1-7,10H,8-9H2,(H,23,25)(H2,21,22,26). The molecule has 3 aromatic rings. The Bertz CT molecular complexity index is 1020. The van der Waals surface area contributed by atoms with Crippen molar-refractivity contribution >= 4 is 46.3 Å². The number of thiazole rings is 1. The smallest absolute Gasteiger partial charge is 0.319 e. The van der Waals surface area contributed by atoms with E-state index in [1.54, 1.807) is 24.3 Å². The number of aromatic nitrogens is 1. The molecule has 0 spiro atoms. The van der Waals surface area contributed by atoms with E-state index < -0.39 is 0 Å². The molecule has 1 aromatic heterocycles. The number of carbonyl (C=O) groups excluding carboxylic acids is 2. The third-order valence-electron chi connectivity index (χ3n) is 4.08. The highest BCUT2D eigenvalue weighted by atomic mass is 35.5. The molecule has 3 N–H and O–H groups in total. The van der Waals surface area contributed by atoms with Gasteiger partial charge in [-0.1, -0.05) is 17.7 Å². The SMILES string of the molecule is O=C1Cc2cc(-c3csc(CNC(=O)Nc4ccc(Cl)cc4)n3)ccc2N1. The summed E-state index contributed by atoms with van der Waals surface area (Å²) in [6, 6.07) is 12.4. The molecule has 0 saturated heterocycles. The Hall–Kier alpha value is -2.90. The lowest BCUT2D eigenvalue weighted by molar-refractivity contribution is -0.115. The summed E-state index contributed by atoms with van der Waals surface area (Å²) < 4.78 is 0. The fraction of sp³-hybridized carbons (Fsp3) is 0.105. The fourth-order valence-corrected chi connectivity index (χ4v) is 3.65. The van der Waals surface area contributed by atoms with Gasteiger partial charge in [0, 0.05) is 27.3 Å². The number of anilines is 2. The molecule has 2 aromatic carbocycles. The summed E-state index contributed by atoms with van der Waals surface area (Å²) in [5.41, 5.74) is 4.29. The Morgan fingerprint density at radius 2 is 2.04 bits per heavy atom. The summed E-state index contributed by atoms with van der Waals surface area (Å²) in [6.07, 6.45) is 0.395. The van der Waals surface area contributed by atoms with Crippen LogP contribution in [0.3, 0.4) is 0 Å². The number of halogens is 1. The first-order valence-corrected chi connectivity index (χ1v) is 9.50. The second-order valence-electron chi connectivity index (χ2n) is 6.04. The van der Waals surface area contributed by atoms with Crippen molar-refractivity contribution in [2.75, 3.05) is 10.6 Å². The maximum atomic E-state index is 12.0. The van der Waals surface area contributed by atoms with Crippen LogP contribution in [0.2, 0.25) is 5.02 Å². The number of hydrogen-bond acceptors (Lipinski definition) is 4. The van der Waals surface area contributed by atoms with Crippen LogP contribution in [-0.4, -0.2) is 16.9 Å². The van der Waals surface area contributed by atoms with Crippen LogP contribution < -0.4 is 16.0 Å². The molecule has 4 rings (SSSR count). The molecule has 0 fully saturated rings. The van der Waals surface area contributed by atoms with Crippen molar-refractivity contribution in [2.24, 2.45) is 0 Å². The van der Waals surface area contributed by atoms with E-state index in [9.17, 15) is 9.59 Å². The Kier molecular flexibility index (Phi) is 4.79. The predicted octanol–water partition coefficient (Wildman–Crippen LogP) is 4.28. The number of amides is 3. The quantitative estimate of drug-likeness (QED) is 0.613. The van der Waals surface area contributed by atoms with Crippen LogP contribution in [0.5, 0.6) is 0 Å². The van der Waals surface area contributed by atoms with Crippen molar-refractivity contribution in [1.29, 1.82) is 0 Å². The lowest BCUT2D eigenvalue weighted by Gasteiger charge is -2.06. The first-order valence-electron chi connectivity index (χ1n) is 8.25. The Morgan fingerprint density at radius 3 is 2.85 bits per heavy atom. The van der Waals surface area contributed by atoms with Gasteiger partial charge in [0.15, 0.2) is 0 Å². The molecule has 6 nitrogen and oxygen atoms in total. The Balaban J connectivity index is 1.37. The van der Waals surface area contributed by atoms with E-state index in [1.807, 2.05) is 23.6 Å². The van der Waals surface area contributed by atoms with Gasteiger partial charge in [-0.25, -0.2) is 9.78 Å². The molecule has 0 radical (unpaired) electrons. The largest absolute Gasteiger partial charge is 0.331 e. The zero-order valence-electron chi connectivity index (χ0n) is 14.1. The van der Waals surface area contributed by atoms with Crippen LogP contribution in [0.4, 0.5) is 16.2 Å². The molecule has 0 unspecified atom stereocenters. The summed E-state index contributed by atoms with van der Waals surface area (Å²) in [5.74, 6) is 0.0111. The molecule has 0 bridgehead atoms. The fourth-order valence-electron chi connectivity index (χ4n) is 2.78. The van der Waals surface area contributed by atoms with Gasteiger partial charge in [-0.05, 0) is 42.0 Å². The molecule has 27 heavy (non-hydrogen) atoms. The van der Waals surface area contributed by atoms with Gasteiger partial charge in [0.2, 0.25) is 5.91 Å². The first kappa shape index (κ1) is 17.5. The highest BCUT2D eigenvalue weighted by Crippen LogP contribution is 2.29. The van der Waals surface area contributed by atoms with E-state index in [4.69, 9.17) is 11.6 Å². The molecule has 8 heteroatoms. The van der Waals surface area contributed by atoms with Gasteiger partial charge in [0.05, 0.1) is 18.7 Å². The second-order valence-corrected chi connectivity index (χ2v) is 7.42. The summed E-state index contributed by atoms with van der Waals surface area (Å²) in [5, 5.41) is 11.7. The van der Waals surface area contributed by atoms with Crippen molar-refractivity contribution in [3.05, 3.63) is 63.4 Å². The summed E-state index contributed by atoms with van der Waals surface area (Å²) in [4.78, 5) is 28.0. The minimum absolute atomic E-state index is 0.0111. The van der Waals surface area contributed by atoms with Gasteiger partial charge < -0.3 is 16.0 Å². The number of hydrogen-bond donors (Lipinski definition) is 3. The predicted molar refractivity (Wildman–Crippen MR) is 107 cm³/mol. The van der Waals surface area contributed by atoms with Gasteiger partial charge in [0.25, 0.3) is 0 Å². The lowest BCUT2D eigenvalue weighted by Crippen LogP contribution is -2.28. The van der Waals surface area contributed by atoms with Gasteiger partial charge in [0.1, 0.15) is 5.01 Å². The van der Waals surface area contributed by atoms with E-state index in [1.165, 1.54) is 11.3 Å². The van der Waals surface area contributed by atoms with E-state index in [2.05, 4.69) is 20.9 Å². The third kappa shape index (κ3) is 4.10. The molecule has 136 valence electrons. The van der Waals surface area contributed by atoms with E-state index in [0.717, 1.165) is 27.5 Å². The van der Waals surface area contributed by atoms with Crippen LogP contribution in [-0.2, 0) is 17.8 Å². The van der Waals surface area contributed by atoms with Crippen LogP contribution in [0.25, 0.3) is 11.3 Å². The number of nitrogens with zero attached hydrogens (tertiary/aromatic N) is 1. The number of nitrogens with one attached hydrogen (secondary N) is 3. The molecule has 0 saturated carbocycles. The molecule has 1 aliphatic heterocycles. The van der Waals surface area contributed by atoms with Crippen LogP contribution in [0.15, 0.2) is 47.8 Å². The van der Waals surface area contributed by atoms with Gasteiger partial charge >= 0.3 is 6.03 Å². The average molecular weight is 399 g/mol. The van der Waals surface area contributed by atoms with Crippen molar-refractivity contribution in [3.8, 4) is 11.3 Å². The van der Waals surface area contributed by atoms with E-state index in [-0.39, 0.29) is 11.9 Å². The van der Waals surface area contributed by atoms with Crippen molar-refractivity contribution in [1.82, 2.24) is 10.3 Å². The number of rotatable bonds is 4. The normalized spacial score (nSPS) is 12.4. The topological polar surface area (TPSA) is 83.1 Å². The van der Waals surface area contributed by atoms with Gasteiger partial charge in [-0.3, -0.25) is 4.79 Å². The van der Waals surface area contributed by atoms with Crippen molar-refractivity contribution in [3.63, 3.8) is 0 Å². The molecule has 3 amide bonds. The molecule has 1 aliphatic rings. The third-order valence-corrected chi connectivity index (χ3v) is 5.18. The van der Waals surface area contributed by atoms with Gasteiger partial charge in [-0.2, -0.15) is 0 Å². The zero-order chi connectivity index (χ0) is 18.8. The number of benzene rings is 2. The number of urea groups is 1. The zero-order valence-corrected chi connectivity index (χ0v) is 15.7. The summed E-state index contributed by atoms with van der Waals surface area (Å²) in [7, 11) is 0. The van der Waals surface area contributed by atoms with Crippen LogP contribution >= 0.6 is 22.9 Å². The van der Waals surface area contributed by atoms with Crippen molar-refractivity contribution < 1.29 is 9.59 Å². The minimum Gasteiger partial charge on any atom is -0.331 e. The van der Waals surface area contributed by atoms with Crippen LogP contribution in [0, 0.1) is 0 Å². The number of fused-ring (bicyclic) bond motifs is 1. The second kappa shape index (κ2) is 7.38. The average Bonchev–Trinajstić information content (AvgIpc) is 3.26. The summed E-state index contributed by atoms with van der Waals surface area (Å²) in [6.45, 7) is 0.328. The van der Waals surface area contributed by atoms with Crippen LogP contribution in [0.1, 0.15) is 10.6 Å². The highest BCUT2D eigenvalue weighted by Gasteiger charge is 2.18. The molecular formula is C19H15ClN4O2S. The Labute approximate surface area is 164 Å². The van der Waals surface area contributed by atoms with Gasteiger partial charge in [-0.15, -0.1) is 11.3 Å². The molecule has 0 aliphatic carbocycles. The summed E-state index contributed by atoms with van der Waals surface area (Å²) >= 11 is 7.30.